The highest BCUT2D eigenvalue weighted by molar-refractivity contribution is 5.67. The summed E-state index contributed by atoms with van der Waals surface area (Å²) in [6.45, 7) is 2.33. The van der Waals surface area contributed by atoms with E-state index in [9.17, 15) is 9.18 Å². The summed E-state index contributed by atoms with van der Waals surface area (Å²) in [6, 6.07) is 2.98. The summed E-state index contributed by atoms with van der Waals surface area (Å²) in [4.78, 5) is 16.1. The van der Waals surface area contributed by atoms with Crippen molar-refractivity contribution in [3.05, 3.63) is 35.6 Å². The van der Waals surface area contributed by atoms with E-state index < -0.39 is 11.9 Å². The van der Waals surface area contributed by atoms with Gasteiger partial charge in [0.25, 0.3) is 0 Å². The summed E-state index contributed by atoms with van der Waals surface area (Å²) in [5.74, 6) is 0.428. The molecule has 0 radical (unpaired) electrons. The highest BCUT2D eigenvalue weighted by Crippen LogP contribution is 2.31. The molecule has 3 N–H and O–H groups in total. The first kappa shape index (κ1) is 13.4. The molecule has 0 spiro atoms. The van der Waals surface area contributed by atoms with Gasteiger partial charge in [0, 0.05) is 29.9 Å². The zero-order valence-electron chi connectivity index (χ0n) is 11.3. The van der Waals surface area contributed by atoms with Crippen molar-refractivity contribution in [3.63, 3.8) is 0 Å². The van der Waals surface area contributed by atoms with Crippen molar-refractivity contribution in [2.45, 2.75) is 12.8 Å². The van der Waals surface area contributed by atoms with Gasteiger partial charge in [-0.3, -0.25) is 0 Å². The van der Waals surface area contributed by atoms with Crippen LogP contribution < -0.4 is 5.73 Å². The van der Waals surface area contributed by atoms with E-state index in [1.54, 1.807) is 13.0 Å². The first-order valence-corrected chi connectivity index (χ1v) is 6.45. The first-order chi connectivity index (χ1) is 9.95. The molecule has 6 nitrogen and oxygen atoms in total. The van der Waals surface area contributed by atoms with E-state index >= 15 is 0 Å². The van der Waals surface area contributed by atoms with Crippen LogP contribution in [-0.4, -0.2) is 34.2 Å². The lowest BCUT2D eigenvalue weighted by Gasteiger charge is -2.34. The molecule has 110 valence electrons. The van der Waals surface area contributed by atoms with Gasteiger partial charge in [0.1, 0.15) is 5.82 Å². The second-order valence-corrected chi connectivity index (χ2v) is 5.12. The monoisotopic (exact) mass is 291 g/mol. The smallest absolute Gasteiger partial charge is 0.407 e. The number of nitrogen functional groups attached to an aromatic ring is 1. The quantitative estimate of drug-likeness (QED) is 0.829. The average molecular weight is 291 g/mol. The lowest BCUT2D eigenvalue weighted by Crippen LogP contribution is -2.47. The summed E-state index contributed by atoms with van der Waals surface area (Å²) >= 11 is 0. The van der Waals surface area contributed by atoms with Crippen molar-refractivity contribution < 1.29 is 18.7 Å². The number of hydrogen-bond acceptors (Lipinski definition) is 4. The van der Waals surface area contributed by atoms with Crippen molar-refractivity contribution in [3.8, 4) is 11.3 Å². The van der Waals surface area contributed by atoms with E-state index in [2.05, 4.69) is 4.98 Å². The predicted octanol–water partition coefficient (Wildman–Crippen LogP) is 2.45. The van der Waals surface area contributed by atoms with Crippen LogP contribution in [0.5, 0.6) is 0 Å². The number of oxazole rings is 1. The minimum Gasteiger partial charge on any atom is -0.465 e. The Kier molecular flexibility index (Phi) is 3.04. The molecule has 7 heteroatoms. The first-order valence-electron chi connectivity index (χ1n) is 6.45. The van der Waals surface area contributed by atoms with Crippen LogP contribution in [0.4, 0.5) is 14.9 Å². The van der Waals surface area contributed by atoms with Gasteiger partial charge in [0.05, 0.1) is 12.1 Å². The number of benzene rings is 1. The highest BCUT2D eigenvalue weighted by atomic mass is 19.1. The number of likely N-dealkylation sites (tertiary alicyclic amines) is 1. The number of aromatic nitrogens is 1. The van der Waals surface area contributed by atoms with Gasteiger partial charge in [-0.05, 0) is 19.1 Å². The Labute approximate surface area is 120 Å². The van der Waals surface area contributed by atoms with E-state index in [0.29, 0.717) is 41.6 Å². The molecule has 0 aliphatic carbocycles. The van der Waals surface area contributed by atoms with E-state index in [1.165, 1.54) is 17.2 Å². The second-order valence-electron chi connectivity index (χ2n) is 5.12. The molecule has 0 atom stereocenters. The molecule has 2 heterocycles. The molecule has 1 fully saturated rings. The average Bonchev–Trinajstić information content (AvgIpc) is 2.82. The van der Waals surface area contributed by atoms with Crippen LogP contribution in [0, 0.1) is 12.7 Å². The van der Waals surface area contributed by atoms with Gasteiger partial charge in [-0.25, -0.2) is 14.2 Å². The maximum absolute atomic E-state index is 13.7. The Morgan fingerprint density at radius 2 is 2.24 bits per heavy atom. The molecule has 0 bridgehead atoms. The van der Waals surface area contributed by atoms with Gasteiger partial charge in [-0.15, -0.1) is 0 Å². The normalized spacial score (nSPS) is 15.0. The third-order valence-electron chi connectivity index (χ3n) is 3.69. The zero-order valence-corrected chi connectivity index (χ0v) is 11.3. The lowest BCUT2D eigenvalue weighted by molar-refractivity contribution is 0.0983. The molecular formula is C14H14FN3O3. The maximum Gasteiger partial charge on any atom is 0.407 e. The molecule has 0 saturated carbocycles. The number of nitrogens with zero attached hydrogens (tertiary/aromatic N) is 2. The molecule has 1 aromatic heterocycles. The predicted molar refractivity (Wildman–Crippen MR) is 73.4 cm³/mol. The fourth-order valence-corrected chi connectivity index (χ4v) is 2.24. The van der Waals surface area contributed by atoms with Crippen LogP contribution in [0.1, 0.15) is 17.4 Å². The third kappa shape index (κ3) is 2.31. The number of anilines is 1. The van der Waals surface area contributed by atoms with Crippen molar-refractivity contribution in [2.24, 2.45) is 0 Å². The summed E-state index contributed by atoms with van der Waals surface area (Å²) in [6.07, 6.45) is 0.550. The molecule has 21 heavy (non-hydrogen) atoms. The zero-order chi connectivity index (χ0) is 15.1. The van der Waals surface area contributed by atoms with Crippen LogP contribution in [0.15, 0.2) is 22.7 Å². The number of amides is 1. The SMILES string of the molecule is Cc1c(N)cc(-c2cnc(C3CN(C(=O)O)C3)o2)cc1F. The molecule has 0 unspecified atom stereocenters. The second kappa shape index (κ2) is 4.76. The highest BCUT2D eigenvalue weighted by Gasteiger charge is 2.34. The Bertz CT molecular complexity index is 684. The van der Waals surface area contributed by atoms with E-state index in [1.807, 2.05) is 0 Å². The molecule has 1 aromatic carbocycles. The largest absolute Gasteiger partial charge is 0.465 e. The van der Waals surface area contributed by atoms with Crippen molar-refractivity contribution in [1.82, 2.24) is 9.88 Å². The van der Waals surface area contributed by atoms with E-state index in [0.717, 1.165) is 0 Å². The number of rotatable bonds is 2. The maximum atomic E-state index is 13.7. The molecule has 1 aliphatic rings. The summed E-state index contributed by atoms with van der Waals surface area (Å²) < 4.78 is 19.3. The van der Waals surface area contributed by atoms with Crippen molar-refractivity contribution >= 4 is 11.8 Å². The number of nitrogens with two attached hydrogens (primary N) is 1. The number of hydrogen-bond donors (Lipinski definition) is 2. The van der Waals surface area contributed by atoms with Gasteiger partial charge in [0.2, 0.25) is 5.89 Å². The van der Waals surface area contributed by atoms with Crippen LogP contribution in [0.2, 0.25) is 0 Å². The van der Waals surface area contributed by atoms with Crippen LogP contribution >= 0.6 is 0 Å². The van der Waals surface area contributed by atoms with Gasteiger partial charge < -0.3 is 20.2 Å². The fraction of sp³-hybridized carbons (Fsp3) is 0.286. The molecule has 1 saturated heterocycles. The Morgan fingerprint density at radius 1 is 1.52 bits per heavy atom. The number of carbonyl (C=O) groups is 1. The van der Waals surface area contributed by atoms with E-state index in [4.69, 9.17) is 15.3 Å². The Hall–Kier alpha value is -2.57. The Morgan fingerprint density at radius 3 is 2.86 bits per heavy atom. The fourth-order valence-electron chi connectivity index (χ4n) is 2.24. The molecule has 1 aliphatic heterocycles. The standard InChI is InChI=1S/C14H14FN3O3/c1-7-10(15)2-8(3-11(7)16)12-4-17-13(21-12)9-5-18(6-9)14(19)20/h2-4,9H,5-6,16H2,1H3,(H,19,20). The number of carboxylic acid groups (broad SMARTS) is 1. The molecule has 3 rings (SSSR count). The number of halogens is 1. The van der Waals surface area contributed by atoms with Gasteiger partial charge in [-0.2, -0.15) is 0 Å². The van der Waals surface area contributed by atoms with Crippen molar-refractivity contribution in [1.29, 1.82) is 0 Å². The summed E-state index contributed by atoms with van der Waals surface area (Å²) in [7, 11) is 0. The minimum absolute atomic E-state index is 0.0532. The van der Waals surface area contributed by atoms with Crippen LogP contribution in [0.25, 0.3) is 11.3 Å². The van der Waals surface area contributed by atoms with Crippen LogP contribution in [0.3, 0.4) is 0 Å². The topological polar surface area (TPSA) is 92.6 Å². The molecule has 2 aromatic rings. The molecule has 1 amide bonds. The van der Waals surface area contributed by atoms with Crippen molar-refractivity contribution in [2.75, 3.05) is 18.8 Å². The summed E-state index contributed by atoms with van der Waals surface area (Å²) in [5, 5.41) is 8.79. The van der Waals surface area contributed by atoms with Gasteiger partial charge in [0.15, 0.2) is 5.76 Å². The Balaban J connectivity index is 1.81. The third-order valence-corrected chi connectivity index (χ3v) is 3.69. The van der Waals surface area contributed by atoms with Gasteiger partial charge >= 0.3 is 6.09 Å². The minimum atomic E-state index is -0.952. The van der Waals surface area contributed by atoms with Crippen LogP contribution in [-0.2, 0) is 0 Å². The van der Waals surface area contributed by atoms with Gasteiger partial charge in [-0.1, -0.05) is 0 Å². The summed E-state index contributed by atoms with van der Waals surface area (Å²) in [5.41, 5.74) is 7.01. The lowest BCUT2D eigenvalue weighted by atomic mass is 10.0. The van der Waals surface area contributed by atoms with E-state index in [-0.39, 0.29) is 5.92 Å². The molecular weight excluding hydrogens is 277 g/mol.